The van der Waals surface area contributed by atoms with Gasteiger partial charge in [-0.05, 0) is 70.6 Å². The zero-order valence-corrected chi connectivity index (χ0v) is 21.1. The van der Waals surface area contributed by atoms with Gasteiger partial charge in [-0.15, -0.1) is 24.0 Å². The third-order valence-electron chi connectivity index (χ3n) is 5.01. The standard InChI is InChI=1S/C21H36ClN5O.HI/c1-4-23-21(24-10-5-13-27-14-6-12-26(2)15-16-27)25-11-9-18-7-8-19(28-3)17-20(18)22;/h7-8,17H,4-6,9-16H2,1-3H3,(H2,23,24,25);1H. The maximum atomic E-state index is 6.32. The Morgan fingerprint density at radius 2 is 2.03 bits per heavy atom. The lowest BCUT2D eigenvalue weighted by molar-refractivity contribution is 0.275. The summed E-state index contributed by atoms with van der Waals surface area (Å²) in [6.45, 7) is 10.4. The molecule has 29 heavy (non-hydrogen) atoms. The van der Waals surface area contributed by atoms with Gasteiger partial charge in [-0.3, -0.25) is 4.99 Å². The van der Waals surface area contributed by atoms with Crippen LogP contribution in [-0.4, -0.2) is 82.3 Å². The molecule has 1 saturated heterocycles. The summed E-state index contributed by atoms with van der Waals surface area (Å²) in [4.78, 5) is 9.70. The molecule has 1 aromatic carbocycles. The second-order valence-electron chi connectivity index (χ2n) is 7.25. The summed E-state index contributed by atoms with van der Waals surface area (Å²) >= 11 is 6.32. The maximum absolute atomic E-state index is 6.32. The number of rotatable bonds is 9. The minimum atomic E-state index is 0. The SMILES string of the molecule is CCNC(=NCCCN1CCCN(C)CC1)NCCc1ccc(OC)cc1Cl.I. The molecule has 1 aromatic rings. The number of halogens is 2. The van der Waals surface area contributed by atoms with E-state index in [4.69, 9.17) is 21.3 Å². The largest absolute Gasteiger partial charge is 0.497 e. The molecule has 166 valence electrons. The number of nitrogens with one attached hydrogen (secondary N) is 2. The molecule has 8 heteroatoms. The molecule has 1 fully saturated rings. The van der Waals surface area contributed by atoms with E-state index in [2.05, 4.69) is 34.4 Å². The van der Waals surface area contributed by atoms with Crippen molar-refractivity contribution in [3.05, 3.63) is 28.8 Å². The Labute approximate surface area is 198 Å². The Hall–Kier alpha value is -0.770. The van der Waals surface area contributed by atoms with Gasteiger partial charge in [0.05, 0.1) is 7.11 Å². The van der Waals surface area contributed by atoms with Crippen LogP contribution in [0.5, 0.6) is 5.75 Å². The van der Waals surface area contributed by atoms with Crippen LogP contribution in [0.1, 0.15) is 25.3 Å². The molecule has 1 heterocycles. The predicted octanol–water partition coefficient (Wildman–Crippen LogP) is 3.09. The molecule has 0 radical (unpaired) electrons. The summed E-state index contributed by atoms with van der Waals surface area (Å²) in [6.07, 6.45) is 3.19. The quantitative estimate of drug-likeness (QED) is 0.219. The van der Waals surface area contributed by atoms with E-state index in [1.807, 2.05) is 18.2 Å². The second kappa shape index (κ2) is 15.1. The minimum Gasteiger partial charge on any atom is -0.497 e. The third kappa shape index (κ3) is 10.2. The molecule has 6 nitrogen and oxygen atoms in total. The number of ether oxygens (including phenoxy) is 1. The highest BCUT2D eigenvalue weighted by Gasteiger charge is 2.11. The van der Waals surface area contributed by atoms with Crippen molar-refractivity contribution in [2.24, 2.45) is 4.99 Å². The summed E-state index contributed by atoms with van der Waals surface area (Å²) in [5.74, 6) is 1.66. The molecule has 0 unspecified atom stereocenters. The smallest absolute Gasteiger partial charge is 0.191 e. The summed E-state index contributed by atoms with van der Waals surface area (Å²) in [5.41, 5.74) is 1.11. The minimum absolute atomic E-state index is 0. The van der Waals surface area contributed by atoms with E-state index >= 15 is 0 Å². The normalized spacial score (nSPS) is 16.1. The number of aliphatic imine (C=N–C) groups is 1. The van der Waals surface area contributed by atoms with Crippen molar-refractivity contribution >= 4 is 41.5 Å². The van der Waals surface area contributed by atoms with E-state index in [-0.39, 0.29) is 24.0 Å². The monoisotopic (exact) mass is 537 g/mol. The highest BCUT2D eigenvalue weighted by molar-refractivity contribution is 14.0. The number of guanidine groups is 1. The molecule has 0 saturated carbocycles. The van der Waals surface area contributed by atoms with Crippen LogP contribution < -0.4 is 15.4 Å². The molecule has 0 atom stereocenters. The molecule has 1 aliphatic heterocycles. The molecule has 0 bridgehead atoms. The molecule has 0 amide bonds. The fourth-order valence-corrected chi connectivity index (χ4v) is 3.59. The van der Waals surface area contributed by atoms with Gasteiger partial charge in [0.15, 0.2) is 5.96 Å². The van der Waals surface area contributed by atoms with Crippen molar-refractivity contribution in [1.29, 1.82) is 0 Å². The van der Waals surface area contributed by atoms with Gasteiger partial charge >= 0.3 is 0 Å². The molecule has 2 rings (SSSR count). The average Bonchev–Trinajstić information content (AvgIpc) is 2.90. The highest BCUT2D eigenvalue weighted by Crippen LogP contribution is 2.22. The van der Waals surface area contributed by atoms with E-state index < -0.39 is 0 Å². The van der Waals surface area contributed by atoms with Crippen LogP contribution in [0, 0.1) is 0 Å². The number of benzene rings is 1. The molecule has 0 aromatic heterocycles. The Morgan fingerprint density at radius 1 is 1.21 bits per heavy atom. The van der Waals surface area contributed by atoms with Gasteiger partial charge in [-0.25, -0.2) is 0 Å². The van der Waals surface area contributed by atoms with E-state index in [9.17, 15) is 0 Å². The molecule has 0 spiro atoms. The fourth-order valence-electron chi connectivity index (χ4n) is 3.32. The Kier molecular flexibility index (Phi) is 13.7. The van der Waals surface area contributed by atoms with Gasteiger partial charge in [-0.1, -0.05) is 17.7 Å². The van der Waals surface area contributed by atoms with Crippen molar-refractivity contribution in [3.63, 3.8) is 0 Å². The van der Waals surface area contributed by atoms with Crippen LogP contribution in [0.15, 0.2) is 23.2 Å². The average molecular weight is 538 g/mol. The Balaban J connectivity index is 0.00000420. The Bertz CT molecular complexity index is 617. The van der Waals surface area contributed by atoms with Gasteiger partial charge < -0.3 is 25.2 Å². The van der Waals surface area contributed by atoms with Gasteiger partial charge in [0.25, 0.3) is 0 Å². The first-order valence-electron chi connectivity index (χ1n) is 10.4. The highest BCUT2D eigenvalue weighted by atomic mass is 127. The topological polar surface area (TPSA) is 52.1 Å². The third-order valence-corrected chi connectivity index (χ3v) is 5.36. The Morgan fingerprint density at radius 3 is 2.76 bits per heavy atom. The van der Waals surface area contributed by atoms with E-state index in [0.29, 0.717) is 0 Å². The van der Waals surface area contributed by atoms with Crippen LogP contribution in [-0.2, 0) is 6.42 Å². The number of likely N-dealkylation sites (N-methyl/N-ethyl adjacent to an activating group) is 1. The summed E-state index contributed by atoms with van der Waals surface area (Å²) in [6, 6.07) is 5.82. The maximum Gasteiger partial charge on any atom is 0.191 e. The summed E-state index contributed by atoms with van der Waals surface area (Å²) < 4.78 is 5.20. The van der Waals surface area contributed by atoms with Crippen molar-refractivity contribution in [2.45, 2.75) is 26.2 Å². The zero-order valence-electron chi connectivity index (χ0n) is 18.0. The zero-order chi connectivity index (χ0) is 20.2. The van der Waals surface area contributed by atoms with Crippen LogP contribution in [0.3, 0.4) is 0 Å². The first-order chi connectivity index (χ1) is 13.6. The van der Waals surface area contributed by atoms with Crippen LogP contribution in [0.2, 0.25) is 5.02 Å². The number of hydrogen-bond donors (Lipinski definition) is 2. The van der Waals surface area contributed by atoms with E-state index in [1.54, 1.807) is 7.11 Å². The fraction of sp³-hybridized carbons (Fsp3) is 0.667. The first-order valence-corrected chi connectivity index (χ1v) is 10.8. The first kappa shape index (κ1) is 26.3. The molecular weight excluding hydrogens is 501 g/mol. The molecule has 0 aliphatic carbocycles. The second-order valence-corrected chi connectivity index (χ2v) is 7.65. The van der Waals surface area contributed by atoms with Crippen LogP contribution in [0.4, 0.5) is 0 Å². The van der Waals surface area contributed by atoms with Gasteiger partial charge in [0, 0.05) is 37.7 Å². The molecule has 1 aliphatic rings. The van der Waals surface area contributed by atoms with Crippen LogP contribution in [0.25, 0.3) is 0 Å². The lowest BCUT2D eigenvalue weighted by Gasteiger charge is -2.19. The summed E-state index contributed by atoms with van der Waals surface area (Å²) in [7, 11) is 3.86. The lowest BCUT2D eigenvalue weighted by Crippen LogP contribution is -2.38. The van der Waals surface area contributed by atoms with Gasteiger partial charge in [-0.2, -0.15) is 0 Å². The van der Waals surface area contributed by atoms with Crippen molar-refractivity contribution in [3.8, 4) is 5.75 Å². The van der Waals surface area contributed by atoms with Crippen LogP contribution >= 0.6 is 35.6 Å². The van der Waals surface area contributed by atoms with Gasteiger partial charge in [0.1, 0.15) is 5.75 Å². The number of hydrogen-bond acceptors (Lipinski definition) is 4. The number of methoxy groups -OCH3 is 1. The molecular formula is C21H37ClIN5O. The number of nitrogens with zero attached hydrogens (tertiary/aromatic N) is 3. The van der Waals surface area contributed by atoms with Crippen molar-refractivity contribution in [2.75, 3.05) is 66.5 Å². The summed E-state index contributed by atoms with van der Waals surface area (Å²) in [5, 5.41) is 7.47. The predicted molar refractivity (Wildman–Crippen MR) is 134 cm³/mol. The van der Waals surface area contributed by atoms with Crippen molar-refractivity contribution in [1.82, 2.24) is 20.4 Å². The van der Waals surface area contributed by atoms with E-state index in [0.717, 1.165) is 61.3 Å². The van der Waals surface area contributed by atoms with E-state index in [1.165, 1.54) is 32.6 Å². The van der Waals surface area contributed by atoms with Crippen molar-refractivity contribution < 1.29 is 4.74 Å². The lowest BCUT2D eigenvalue weighted by atomic mass is 10.1. The van der Waals surface area contributed by atoms with Gasteiger partial charge in [0.2, 0.25) is 0 Å². The molecule has 2 N–H and O–H groups in total.